The van der Waals surface area contributed by atoms with Crippen molar-refractivity contribution in [2.75, 3.05) is 31.6 Å². The topological polar surface area (TPSA) is 67.3 Å². The van der Waals surface area contributed by atoms with E-state index in [-0.39, 0.29) is 12.0 Å². The lowest BCUT2D eigenvalue weighted by Crippen LogP contribution is -2.39. The standard InChI is InChI=1S/C20H22N4O2S/c1-2-8-24-9-10-26-18(13-24)17-12-15(14-5-3-4-6-16(14)22-17)19(25)23-20-21-7-11-27-20/h3-7,11-12,18H,2,8-10,13H2,1H3,(H,21,23,25)/t18-/m1/s1. The lowest BCUT2D eigenvalue weighted by molar-refractivity contribution is -0.0318. The number of hydrogen-bond donors (Lipinski definition) is 1. The first-order valence-electron chi connectivity index (χ1n) is 9.19. The fourth-order valence-electron chi connectivity index (χ4n) is 3.40. The van der Waals surface area contributed by atoms with Crippen LogP contribution in [0.4, 0.5) is 5.13 Å². The van der Waals surface area contributed by atoms with E-state index >= 15 is 0 Å². The van der Waals surface area contributed by atoms with E-state index in [1.807, 2.05) is 35.7 Å². The maximum Gasteiger partial charge on any atom is 0.258 e. The molecule has 6 nitrogen and oxygen atoms in total. The van der Waals surface area contributed by atoms with Crippen molar-refractivity contribution < 1.29 is 9.53 Å². The fraction of sp³-hybridized carbons (Fsp3) is 0.350. The van der Waals surface area contributed by atoms with E-state index in [2.05, 4.69) is 22.1 Å². The van der Waals surface area contributed by atoms with Gasteiger partial charge in [0.25, 0.3) is 5.91 Å². The normalized spacial score (nSPS) is 17.9. The summed E-state index contributed by atoms with van der Waals surface area (Å²) in [5, 5.41) is 6.13. The molecular weight excluding hydrogens is 360 g/mol. The Labute approximate surface area is 162 Å². The van der Waals surface area contributed by atoms with Crippen LogP contribution >= 0.6 is 11.3 Å². The second-order valence-corrected chi connectivity index (χ2v) is 7.46. The Morgan fingerprint density at radius 2 is 2.30 bits per heavy atom. The van der Waals surface area contributed by atoms with Gasteiger partial charge in [-0.15, -0.1) is 11.3 Å². The van der Waals surface area contributed by atoms with Gasteiger partial charge in [0.15, 0.2) is 5.13 Å². The van der Waals surface area contributed by atoms with Crippen molar-refractivity contribution >= 4 is 33.3 Å². The number of morpholine rings is 1. The number of benzene rings is 1. The first-order valence-corrected chi connectivity index (χ1v) is 10.1. The van der Waals surface area contributed by atoms with Gasteiger partial charge in [-0.2, -0.15) is 0 Å². The van der Waals surface area contributed by atoms with Crippen LogP contribution in [0.25, 0.3) is 10.9 Å². The molecule has 0 bridgehead atoms. The lowest BCUT2D eigenvalue weighted by atomic mass is 10.0. The smallest absolute Gasteiger partial charge is 0.258 e. The van der Waals surface area contributed by atoms with Crippen LogP contribution in [-0.4, -0.2) is 47.0 Å². The molecule has 0 saturated carbocycles. The quantitative estimate of drug-likeness (QED) is 0.728. The number of para-hydroxylation sites is 1. The summed E-state index contributed by atoms with van der Waals surface area (Å²) in [6.45, 7) is 5.65. The Balaban J connectivity index is 1.69. The number of carbonyl (C=O) groups excluding carboxylic acids is 1. The van der Waals surface area contributed by atoms with Gasteiger partial charge in [0.2, 0.25) is 0 Å². The number of aromatic nitrogens is 2. The molecular formula is C20H22N4O2S. The van der Waals surface area contributed by atoms with Gasteiger partial charge in [-0.05, 0) is 25.1 Å². The van der Waals surface area contributed by atoms with Crippen molar-refractivity contribution in [3.63, 3.8) is 0 Å². The van der Waals surface area contributed by atoms with Gasteiger partial charge in [-0.1, -0.05) is 25.1 Å². The number of nitrogens with zero attached hydrogens (tertiary/aromatic N) is 3. The van der Waals surface area contributed by atoms with Gasteiger partial charge in [-0.25, -0.2) is 9.97 Å². The van der Waals surface area contributed by atoms with E-state index in [0.717, 1.165) is 42.7 Å². The van der Waals surface area contributed by atoms with Gasteiger partial charge in [0.1, 0.15) is 6.10 Å². The number of ether oxygens (including phenoxy) is 1. The third-order valence-electron chi connectivity index (χ3n) is 4.65. The van der Waals surface area contributed by atoms with Crippen LogP contribution in [0.1, 0.15) is 35.5 Å². The highest BCUT2D eigenvalue weighted by Gasteiger charge is 2.24. The molecule has 7 heteroatoms. The SMILES string of the molecule is CCCN1CCO[C@@H](c2cc(C(=O)Nc3nccs3)c3ccccc3n2)C1. The monoisotopic (exact) mass is 382 g/mol. The first-order chi connectivity index (χ1) is 13.2. The third-order valence-corrected chi connectivity index (χ3v) is 5.34. The second-order valence-electron chi connectivity index (χ2n) is 6.56. The van der Waals surface area contributed by atoms with E-state index in [4.69, 9.17) is 9.72 Å². The van der Waals surface area contributed by atoms with Crippen LogP contribution < -0.4 is 5.32 Å². The number of amides is 1. The minimum absolute atomic E-state index is 0.124. The summed E-state index contributed by atoms with van der Waals surface area (Å²) in [5.41, 5.74) is 2.20. The lowest BCUT2D eigenvalue weighted by Gasteiger charge is -2.32. The van der Waals surface area contributed by atoms with Crippen LogP contribution in [-0.2, 0) is 4.74 Å². The molecule has 3 heterocycles. The predicted molar refractivity (Wildman–Crippen MR) is 107 cm³/mol. The molecule has 140 valence electrons. The van der Waals surface area contributed by atoms with Gasteiger partial charge in [0.05, 0.1) is 23.4 Å². The molecule has 1 atom stereocenters. The Morgan fingerprint density at radius 3 is 3.11 bits per heavy atom. The second kappa shape index (κ2) is 8.12. The van der Waals surface area contributed by atoms with Crippen molar-refractivity contribution in [3.8, 4) is 0 Å². The molecule has 4 rings (SSSR count). The Hall–Kier alpha value is -2.35. The average molecular weight is 382 g/mol. The zero-order valence-electron chi connectivity index (χ0n) is 15.2. The molecule has 1 aliphatic heterocycles. The van der Waals surface area contributed by atoms with E-state index < -0.39 is 0 Å². The number of anilines is 1. The number of thiazole rings is 1. The largest absolute Gasteiger partial charge is 0.369 e. The Bertz CT molecular complexity index is 927. The predicted octanol–water partition coefficient (Wildman–Crippen LogP) is 3.73. The van der Waals surface area contributed by atoms with Crippen molar-refractivity contribution in [2.24, 2.45) is 0 Å². The zero-order valence-corrected chi connectivity index (χ0v) is 16.0. The molecule has 1 saturated heterocycles. The number of pyridine rings is 1. The van der Waals surface area contributed by atoms with E-state index in [0.29, 0.717) is 17.3 Å². The number of hydrogen-bond acceptors (Lipinski definition) is 6. The average Bonchev–Trinajstić information content (AvgIpc) is 3.20. The summed E-state index contributed by atoms with van der Waals surface area (Å²) in [6.07, 6.45) is 2.66. The van der Waals surface area contributed by atoms with E-state index in [1.165, 1.54) is 11.3 Å². The van der Waals surface area contributed by atoms with Gasteiger partial charge >= 0.3 is 0 Å². The number of fused-ring (bicyclic) bond motifs is 1. The van der Waals surface area contributed by atoms with Crippen molar-refractivity contribution in [2.45, 2.75) is 19.4 Å². The molecule has 27 heavy (non-hydrogen) atoms. The minimum atomic E-state index is -0.175. The molecule has 0 radical (unpaired) electrons. The fourth-order valence-corrected chi connectivity index (χ4v) is 3.92. The van der Waals surface area contributed by atoms with E-state index in [9.17, 15) is 4.79 Å². The minimum Gasteiger partial charge on any atom is -0.369 e. The number of nitrogens with one attached hydrogen (secondary N) is 1. The highest BCUT2D eigenvalue weighted by molar-refractivity contribution is 7.13. The van der Waals surface area contributed by atoms with Gasteiger partial charge in [0, 0.05) is 30.1 Å². The molecule has 1 fully saturated rings. The summed E-state index contributed by atoms with van der Waals surface area (Å²) >= 11 is 1.40. The summed E-state index contributed by atoms with van der Waals surface area (Å²) < 4.78 is 5.98. The molecule has 0 spiro atoms. The summed E-state index contributed by atoms with van der Waals surface area (Å²) in [4.78, 5) is 24.2. The molecule has 0 unspecified atom stereocenters. The molecule has 2 aromatic heterocycles. The van der Waals surface area contributed by atoms with Crippen LogP contribution in [0.5, 0.6) is 0 Å². The summed E-state index contributed by atoms with van der Waals surface area (Å²) in [6, 6.07) is 9.59. The molecule has 3 aromatic rings. The molecule has 1 amide bonds. The number of rotatable bonds is 5. The Morgan fingerprint density at radius 1 is 1.41 bits per heavy atom. The van der Waals surface area contributed by atoms with Crippen molar-refractivity contribution in [3.05, 3.63) is 53.2 Å². The maximum absolute atomic E-state index is 12.9. The van der Waals surface area contributed by atoms with Gasteiger partial charge in [-0.3, -0.25) is 15.0 Å². The molecule has 0 aliphatic carbocycles. The third kappa shape index (κ3) is 4.00. The maximum atomic E-state index is 12.9. The molecule has 1 aromatic carbocycles. The van der Waals surface area contributed by atoms with Crippen LogP contribution in [0.3, 0.4) is 0 Å². The first kappa shape index (κ1) is 18.0. The summed E-state index contributed by atoms with van der Waals surface area (Å²) in [5.74, 6) is -0.175. The zero-order chi connectivity index (χ0) is 18.6. The summed E-state index contributed by atoms with van der Waals surface area (Å²) in [7, 11) is 0. The molecule has 1 N–H and O–H groups in total. The Kier molecular flexibility index (Phi) is 5.42. The van der Waals surface area contributed by atoms with Crippen LogP contribution in [0, 0.1) is 0 Å². The number of carbonyl (C=O) groups is 1. The van der Waals surface area contributed by atoms with Gasteiger partial charge < -0.3 is 4.74 Å². The van der Waals surface area contributed by atoms with Crippen LogP contribution in [0.15, 0.2) is 41.9 Å². The highest BCUT2D eigenvalue weighted by atomic mass is 32.1. The highest BCUT2D eigenvalue weighted by Crippen LogP contribution is 2.27. The van der Waals surface area contributed by atoms with Crippen molar-refractivity contribution in [1.29, 1.82) is 0 Å². The molecule has 1 aliphatic rings. The van der Waals surface area contributed by atoms with Crippen molar-refractivity contribution in [1.82, 2.24) is 14.9 Å². The van der Waals surface area contributed by atoms with Crippen LogP contribution in [0.2, 0.25) is 0 Å². The van der Waals surface area contributed by atoms with E-state index in [1.54, 1.807) is 6.20 Å².